The van der Waals surface area contributed by atoms with Gasteiger partial charge in [0.1, 0.15) is 0 Å². The van der Waals surface area contributed by atoms with Crippen molar-refractivity contribution in [2.45, 2.75) is 51.4 Å². The van der Waals surface area contributed by atoms with Gasteiger partial charge in [0, 0.05) is 46.1 Å². The molecule has 0 unspecified atom stereocenters. The quantitative estimate of drug-likeness (QED) is 0.401. The highest BCUT2D eigenvalue weighted by atomic mass is 16.2. The molecule has 0 saturated heterocycles. The van der Waals surface area contributed by atoms with Crippen LogP contribution in [0.4, 0.5) is 0 Å². The van der Waals surface area contributed by atoms with E-state index in [-0.39, 0.29) is 23.6 Å². The third-order valence-electron chi connectivity index (χ3n) is 8.22. The van der Waals surface area contributed by atoms with E-state index in [1.807, 2.05) is 0 Å². The summed E-state index contributed by atoms with van der Waals surface area (Å²) in [6.07, 6.45) is 16.8. The number of nitrogens with zero attached hydrogens (tertiary/aromatic N) is 2. The van der Waals surface area contributed by atoms with Crippen LogP contribution in [0.1, 0.15) is 92.8 Å². The number of rotatable bonds is 6. The van der Waals surface area contributed by atoms with Gasteiger partial charge in [0.25, 0.3) is 23.6 Å². The Balaban J connectivity index is 1.31. The molecule has 0 saturated carbocycles. The molecule has 0 radical (unpaired) electrons. The summed E-state index contributed by atoms with van der Waals surface area (Å²) in [6.45, 7) is 0.719. The van der Waals surface area contributed by atoms with Crippen molar-refractivity contribution >= 4 is 34.4 Å². The van der Waals surface area contributed by atoms with E-state index in [4.69, 9.17) is 0 Å². The summed E-state index contributed by atoms with van der Waals surface area (Å²) in [5.74, 6) is -0.627. The summed E-state index contributed by atoms with van der Waals surface area (Å²) < 4.78 is 0. The van der Waals surface area contributed by atoms with Gasteiger partial charge in [-0.15, -0.1) is 0 Å². The molecule has 2 heterocycles. The first-order valence-corrected chi connectivity index (χ1v) is 13.2. The molecule has 0 N–H and O–H groups in total. The second-order valence-electron chi connectivity index (χ2n) is 10.4. The van der Waals surface area contributed by atoms with Gasteiger partial charge in [-0.3, -0.25) is 29.0 Å². The van der Waals surface area contributed by atoms with Gasteiger partial charge in [-0.25, -0.2) is 0 Å². The maximum Gasteiger partial charge on any atom is 0.261 e. The van der Waals surface area contributed by atoms with Crippen LogP contribution in [0.15, 0.2) is 48.6 Å². The molecule has 36 heavy (non-hydrogen) atoms. The smallest absolute Gasteiger partial charge is 0.261 e. The molecular weight excluding hydrogens is 452 g/mol. The average molecular weight is 483 g/mol. The van der Waals surface area contributed by atoms with Crippen LogP contribution in [-0.4, -0.2) is 46.5 Å². The zero-order valence-corrected chi connectivity index (χ0v) is 20.4. The van der Waals surface area contributed by atoms with Crippen molar-refractivity contribution in [3.8, 4) is 0 Å². The van der Waals surface area contributed by atoms with Crippen LogP contribution >= 0.6 is 0 Å². The number of hydrogen-bond acceptors (Lipinski definition) is 4. The molecule has 4 aliphatic rings. The highest BCUT2D eigenvalue weighted by molar-refractivity contribution is 6.33. The minimum Gasteiger partial charge on any atom is -0.274 e. The number of imide groups is 2. The third-order valence-corrected chi connectivity index (χ3v) is 8.22. The summed E-state index contributed by atoms with van der Waals surface area (Å²) in [5, 5.41) is 0.899. The molecule has 2 aromatic carbocycles. The number of amides is 4. The highest BCUT2D eigenvalue weighted by Crippen LogP contribution is 2.38. The molecule has 2 aromatic rings. The van der Waals surface area contributed by atoms with Gasteiger partial charge in [0.05, 0.1) is 0 Å². The summed E-state index contributed by atoms with van der Waals surface area (Å²) in [4.78, 5) is 56.3. The SMILES string of the molecule is O=C1c2ccc3c4c(ccc(c24)C(=O)N1CC[C@@H]1C=CCCC1)C(=O)N(CC[C@H]1C=CCCC1)C3=O. The summed E-state index contributed by atoms with van der Waals surface area (Å²) in [6, 6.07) is 6.62. The molecular formula is C30H30N2O4. The molecule has 2 aliphatic carbocycles. The largest absolute Gasteiger partial charge is 0.274 e. The normalized spacial score (nSPS) is 23.2. The fraction of sp³-hybridized carbons (Fsp3) is 0.400. The first-order valence-electron chi connectivity index (χ1n) is 13.2. The van der Waals surface area contributed by atoms with E-state index in [2.05, 4.69) is 24.3 Å². The van der Waals surface area contributed by atoms with Crippen molar-refractivity contribution in [2.75, 3.05) is 13.1 Å². The minimum absolute atomic E-state index is 0.345. The molecule has 0 bridgehead atoms. The summed E-state index contributed by atoms with van der Waals surface area (Å²) in [5.41, 5.74) is 1.58. The second kappa shape index (κ2) is 9.16. The van der Waals surface area contributed by atoms with Gasteiger partial charge >= 0.3 is 0 Å². The predicted molar refractivity (Wildman–Crippen MR) is 137 cm³/mol. The van der Waals surface area contributed by atoms with Crippen LogP contribution in [0.5, 0.6) is 0 Å². The molecule has 0 spiro atoms. The van der Waals surface area contributed by atoms with Crippen molar-refractivity contribution < 1.29 is 19.2 Å². The third kappa shape index (κ3) is 3.71. The summed E-state index contributed by atoms with van der Waals surface area (Å²) >= 11 is 0. The number of carbonyl (C=O) groups is 4. The molecule has 184 valence electrons. The van der Waals surface area contributed by atoms with Gasteiger partial charge in [0.2, 0.25) is 0 Å². The molecule has 2 aliphatic heterocycles. The van der Waals surface area contributed by atoms with E-state index in [0.29, 0.717) is 58.0 Å². The Kier molecular flexibility index (Phi) is 5.82. The Labute approximate surface area is 210 Å². The van der Waals surface area contributed by atoms with Crippen LogP contribution in [0.3, 0.4) is 0 Å². The monoisotopic (exact) mass is 482 g/mol. The fourth-order valence-corrected chi connectivity index (χ4v) is 6.22. The van der Waals surface area contributed by atoms with Crippen LogP contribution in [0, 0.1) is 11.8 Å². The van der Waals surface area contributed by atoms with Crippen LogP contribution in [-0.2, 0) is 0 Å². The zero-order valence-electron chi connectivity index (χ0n) is 20.4. The Bertz CT molecular complexity index is 1180. The maximum atomic E-state index is 13.4. The molecule has 6 rings (SSSR count). The summed E-state index contributed by atoms with van der Waals surface area (Å²) in [7, 11) is 0. The Morgan fingerprint density at radius 1 is 0.583 bits per heavy atom. The topological polar surface area (TPSA) is 74.8 Å². The predicted octanol–water partition coefficient (Wildman–Crippen LogP) is 5.52. The lowest BCUT2D eigenvalue weighted by atomic mass is 9.85. The van der Waals surface area contributed by atoms with Crippen LogP contribution in [0.2, 0.25) is 0 Å². The van der Waals surface area contributed by atoms with Crippen LogP contribution in [0.25, 0.3) is 10.8 Å². The average Bonchev–Trinajstić information content (AvgIpc) is 2.91. The van der Waals surface area contributed by atoms with E-state index in [1.54, 1.807) is 24.3 Å². The Morgan fingerprint density at radius 2 is 0.944 bits per heavy atom. The molecule has 6 heteroatoms. The van der Waals surface area contributed by atoms with E-state index in [1.165, 1.54) is 9.80 Å². The number of hydrogen-bond donors (Lipinski definition) is 0. The van der Waals surface area contributed by atoms with Gasteiger partial charge in [-0.2, -0.15) is 0 Å². The standard InChI is InChI=1S/C30H30N2O4/c33-27-21-11-13-23-26-24(30(36)32(29(23)35)18-16-20-9-5-2-6-10-20)14-12-22(25(21)26)28(34)31(27)17-15-19-7-3-1-4-8-19/h3,5,7,9,11-14,19-20H,1-2,4,6,8,10,15-18H2/t19-,20+. The number of benzene rings is 2. The van der Waals surface area contributed by atoms with Crippen molar-refractivity contribution in [3.05, 3.63) is 70.8 Å². The van der Waals surface area contributed by atoms with Crippen molar-refractivity contribution in [1.29, 1.82) is 0 Å². The lowest BCUT2D eigenvalue weighted by molar-refractivity contribution is 0.0582. The second-order valence-corrected chi connectivity index (χ2v) is 10.4. The van der Waals surface area contributed by atoms with E-state index >= 15 is 0 Å². The van der Waals surface area contributed by atoms with Crippen molar-refractivity contribution in [3.63, 3.8) is 0 Å². The number of carbonyl (C=O) groups excluding carboxylic acids is 4. The Hall–Kier alpha value is -3.54. The van der Waals surface area contributed by atoms with E-state index in [9.17, 15) is 19.2 Å². The van der Waals surface area contributed by atoms with E-state index in [0.717, 1.165) is 51.4 Å². The molecule has 6 nitrogen and oxygen atoms in total. The van der Waals surface area contributed by atoms with Gasteiger partial charge in [0.15, 0.2) is 0 Å². The lowest BCUT2D eigenvalue weighted by Gasteiger charge is -2.32. The molecule has 0 fully saturated rings. The van der Waals surface area contributed by atoms with Crippen molar-refractivity contribution in [2.24, 2.45) is 11.8 Å². The highest BCUT2D eigenvalue weighted by Gasteiger charge is 2.39. The minimum atomic E-state index is -0.345. The van der Waals surface area contributed by atoms with Gasteiger partial charge in [-0.1, -0.05) is 24.3 Å². The fourth-order valence-electron chi connectivity index (χ4n) is 6.22. The molecule has 4 amide bonds. The first kappa shape index (κ1) is 22.9. The lowest BCUT2D eigenvalue weighted by Crippen LogP contribution is -2.44. The zero-order chi connectivity index (χ0) is 24.8. The van der Waals surface area contributed by atoms with Gasteiger partial charge < -0.3 is 0 Å². The van der Waals surface area contributed by atoms with Gasteiger partial charge in [-0.05, 0) is 87.5 Å². The van der Waals surface area contributed by atoms with Crippen molar-refractivity contribution in [1.82, 2.24) is 9.80 Å². The molecule has 2 atom stereocenters. The van der Waals surface area contributed by atoms with Crippen LogP contribution < -0.4 is 0 Å². The first-order chi connectivity index (χ1) is 17.5. The number of allylic oxidation sites excluding steroid dienone is 4. The maximum absolute atomic E-state index is 13.4. The molecule has 0 aromatic heterocycles. The van der Waals surface area contributed by atoms with E-state index < -0.39 is 0 Å². The Morgan fingerprint density at radius 3 is 1.25 bits per heavy atom.